The summed E-state index contributed by atoms with van der Waals surface area (Å²) in [5.74, 6) is 0.359. The molecule has 0 spiro atoms. The van der Waals surface area contributed by atoms with E-state index in [-0.39, 0.29) is 17.2 Å². The number of sulfonamides is 1. The van der Waals surface area contributed by atoms with Crippen LogP contribution in [0, 0.1) is 0 Å². The van der Waals surface area contributed by atoms with Gasteiger partial charge in [0.25, 0.3) is 0 Å². The molecule has 1 fully saturated rings. The molecule has 0 unspecified atom stereocenters. The Kier molecular flexibility index (Phi) is 6.56. The Bertz CT molecular complexity index is 941. The molecule has 28 heavy (non-hydrogen) atoms. The Labute approximate surface area is 169 Å². The summed E-state index contributed by atoms with van der Waals surface area (Å²) in [4.78, 5) is 12.5. The van der Waals surface area contributed by atoms with E-state index in [1.807, 2.05) is 0 Å². The van der Waals surface area contributed by atoms with Crippen molar-refractivity contribution in [2.45, 2.75) is 4.90 Å². The van der Waals surface area contributed by atoms with Gasteiger partial charge in [0.2, 0.25) is 10.0 Å². The highest BCUT2D eigenvalue weighted by molar-refractivity contribution is 7.89. The van der Waals surface area contributed by atoms with Gasteiger partial charge < -0.3 is 14.8 Å². The number of hydrogen-bond acceptors (Lipinski definition) is 6. The van der Waals surface area contributed by atoms with Gasteiger partial charge in [0, 0.05) is 24.3 Å². The second-order valence-electron chi connectivity index (χ2n) is 6.17. The first-order valence-corrected chi connectivity index (χ1v) is 10.5. The maximum Gasteiger partial charge on any atom is 0.243 e. The minimum absolute atomic E-state index is 0.0538. The fourth-order valence-corrected chi connectivity index (χ4v) is 4.47. The zero-order chi connectivity index (χ0) is 20.1. The van der Waals surface area contributed by atoms with Gasteiger partial charge in [-0.25, -0.2) is 8.42 Å². The van der Waals surface area contributed by atoms with Crippen LogP contribution in [-0.2, 0) is 14.8 Å². The summed E-state index contributed by atoms with van der Waals surface area (Å²) in [6.45, 7) is 1.55. The smallest absolute Gasteiger partial charge is 0.243 e. The summed E-state index contributed by atoms with van der Waals surface area (Å²) in [5.41, 5.74) is 1.11. The summed E-state index contributed by atoms with van der Waals surface area (Å²) in [6.07, 6.45) is 0. The van der Waals surface area contributed by atoms with Crippen molar-refractivity contribution in [2.75, 3.05) is 45.3 Å². The number of Topliss-reactive ketones (excluding diaryl/α,β-unsaturated/α-hetero) is 1. The number of methoxy groups -OCH3 is 1. The third kappa shape index (κ3) is 4.64. The maximum atomic E-state index is 12.6. The third-order valence-corrected chi connectivity index (χ3v) is 6.60. The van der Waals surface area contributed by atoms with E-state index >= 15 is 0 Å². The van der Waals surface area contributed by atoms with E-state index in [0.29, 0.717) is 48.3 Å². The Morgan fingerprint density at radius 2 is 1.86 bits per heavy atom. The van der Waals surface area contributed by atoms with Crippen molar-refractivity contribution < 1.29 is 22.7 Å². The molecule has 150 valence electrons. The highest BCUT2D eigenvalue weighted by atomic mass is 35.5. The van der Waals surface area contributed by atoms with Crippen molar-refractivity contribution in [3.63, 3.8) is 0 Å². The van der Waals surface area contributed by atoms with Crippen LogP contribution in [0.15, 0.2) is 47.4 Å². The van der Waals surface area contributed by atoms with Crippen molar-refractivity contribution in [3.05, 3.63) is 53.1 Å². The number of morpholine rings is 1. The van der Waals surface area contributed by atoms with Gasteiger partial charge in [-0.3, -0.25) is 4.79 Å². The number of hydrogen-bond donors (Lipinski definition) is 1. The predicted molar refractivity (Wildman–Crippen MR) is 107 cm³/mol. The number of nitrogens with zero attached hydrogens (tertiary/aromatic N) is 1. The molecule has 0 atom stereocenters. The van der Waals surface area contributed by atoms with Crippen LogP contribution in [0.5, 0.6) is 5.75 Å². The lowest BCUT2D eigenvalue weighted by atomic mass is 10.1. The van der Waals surface area contributed by atoms with E-state index in [1.54, 1.807) is 30.3 Å². The number of rotatable bonds is 7. The highest BCUT2D eigenvalue weighted by Crippen LogP contribution is 2.25. The Hall–Kier alpha value is -2.13. The van der Waals surface area contributed by atoms with Gasteiger partial charge in [0.1, 0.15) is 5.75 Å². The zero-order valence-corrected chi connectivity index (χ0v) is 16.9. The third-order valence-electron chi connectivity index (χ3n) is 4.39. The lowest BCUT2D eigenvalue weighted by Crippen LogP contribution is -2.40. The van der Waals surface area contributed by atoms with E-state index in [1.165, 1.54) is 23.5 Å². The molecule has 1 aliphatic heterocycles. The van der Waals surface area contributed by atoms with Crippen LogP contribution in [0.25, 0.3) is 0 Å². The first kappa shape index (κ1) is 20.6. The minimum atomic E-state index is -3.53. The highest BCUT2D eigenvalue weighted by Gasteiger charge is 2.26. The zero-order valence-electron chi connectivity index (χ0n) is 15.4. The van der Waals surface area contributed by atoms with Gasteiger partial charge >= 0.3 is 0 Å². The van der Waals surface area contributed by atoms with E-state index in [4.69, 9.17) is 21.1 Å². The van der Waals surface area contributed by atoms with E-state index in [9.17, 15) is 13.2 Å². The Morgan fingerprint density at radius 1 is 1.18 bits per heavy atom. The Morgan fingerprint density at radius 3 is 2.46 bits per heavy atom. The molecule has 0 aromatic heterocycles. The number of carbonyl (C=O) groups excluding carboxylic acids is 1. The van der Waals surface area contributed by atoms with Crippen molar-refractivity contribution in [3.8, 4) is 5.75 Å². The molecule has 0 bridgehead atoms. The van der Waals surface area contributed by atoms with Crippen LogP contribution in [0.4, 0.5) is 5.69 Å². The largest absolute Gasteiger partial charge is 0.495 e. The number of nitrogens with one attached hydrogen (secondary N) is 1. The number of carbonyl (C=O) groups is 1. The minimum Gasteiger partial charge on any atom is -0.495 e. The first-order valence-electron chi connectivity index (χ1n) is 8.70. The monoisotopic (exact) mass is 424 g/mol. The van der Waals surface area contributed by atoms with Gasteiger partial charge in [0.05, 0.1) is 36.8 Å². The molecule has 9 heteroatoms. The van der Waals surface area contributed by atoms with E-state index in [0.717, 1.165) is 0 Å². The number of benzene rings is 2. The van der Waals surface area contributed by atoms with Gasteiger partial charge in [-0.1, -0.05) is 11.6 Å². The SMILES string of the molecule is COc1ccc(C(=O)CNc2ccc(S(=O)(=O)N3CCOCC3)cc2)cc1Cl. The lowest BCUT2D eigenvalue weighted by molar-refractivity contribution is 0.0730. The van der Waals surface area contributed by atoms with Crippen LogP contribution < -0.4 is 10.1 Å². The summed E-state index contributed by atoms with van der Waals surface area (Å²) >= 11 is 6.05. The average Bonchev–Trinajstić information content (AvgIpc) is 2.73. The van der Waals surface area contributed by atoms with Crippen LogP contribution in [0.1, 0.15) is 10.4 Å². The summed E-state index contributed by atoms with van der Waals surface area (Å²) < 4.78 is 36.9. The number of anilines is 1. The fourth-order valence-electron chi connectivity index (χ4n) is 2.81. The molecule has 1 N–H and O–H groups in total. The second-order valence-corrected chi connectivity index (χ2v) is 8.51. The van der Waals surface area contributed by atoms with Crippen LogP contribution in [0.2, 0.25) is 5.02 Å². The molecule has 1 saturated heterocycles. The number of halogens is 1. The fraction of sp³-hybridized carbons (Fsp3) is 0.316. The predicted octanol–water partition coefficient (Wildman–Crippen LogP) is 2.66. The number of ketones is 1. The van der Waals surface area contributed by atoms with Gasteiger partial charge in [-0.05, 0) is 42.5 Å². The second kappa shape index (κ2) is 8.91. The molecule has 3 rings (SSSR count). The summed E-state index contributed by atoms with van der Waals surface area (Å²) in [6, 6.07) is 11.2. The quantitative estimate of drug-likeness (QED) is 0.688. The van der Waals surface area contributed by atoms with Gasteiger partial charge in [-0.15, -0.1) is 0 Å². The van der Waals surface area contributed by atoms with Crippen molar-refractivity contribution >= 4 is 33.1 Å². The van der Waals surface area contributed by atoms with Crippen LogP contribution in [-0.4, -0.2) is 58.5 Å². The molecule has 1 aliphatic rings. The van der Waals surface area contributed by atoms with E-state index < -0.39 is 10.0 Å². The Balaban J connectivity index is 1.63. The molecule has 2 aromatic rings. The first-order chi connectivity index (χ1) is 13.4. The summed E-state index contributed by atoms with van der Waals surface area (Å²) in [7, 11) is -2.03. The van der Waals surface area contributed by atoms with Gasteiger partial charge in [-0.2, -0.15) is 4.31 Å². The van der Waals surface area contributed by atoms with Crippen molar-refractivity contribution in [2.24, 2.45) is 0 Å². The summed E-state index contributed by atoms with van der Waals surface area (Å²) in [5, 5.41) is 3.36. The molecule has 1 heterocycles. The molecule has 7 nitrogen and oxygen atoms in total. The van der Waals surface area contributed by atoms with Crippen LogP contribution >= 0.6 is 11.6 Å². The molecule has 0 radical (unpaired) electrons. The van der Waals surface area contributed by atoms with Crippen LogP contribution in [0.3, 0.4) is 0 Å². The molecular formula is C19H21ClN2O5S. The molecule has 2 aromatic carbocycles. The standard InChI is InChI=1S/C19H21ClN2O5S/c1-26-19-7-2-14(12-17(19)20)18(23)13-21-15-3-5-16(6-4-15)28(24,25)22-8-10-27-11-9-22/h2-7,12,21H,8-11,13H2,1H3. The van der Waals surface area contributed by atoms with E-state index in [2.05, 4.69) is 5.32 Å². The molecular weight excluding hydrogens is 404 g/mol. The maximum absolute atomic E-state index is 12.6. The average molecular weight is 425 g/mol. The molecule has 0 amide bonds. The topological polar surface area (TPSA) is 84.9 Å². The lowest BCUT2D eigenvalue weighted by Gasteiger charge is -2.26. The normalized spacial score (nSPS) is 15.2. The molecule has 0 saturated carbocycles. The van der Waals surface area contributed by atoms with Crippen molar-refractivity contribution in [1.29, 1.82) is 0 Å². The molecule has 0 aliphatic carbocycles. The van der Waals surface area contributed by atoms with Gasteiger partial charge in [0.15, 0.2) is 5.78 Å². The number of ether oxygens (including phenoxy) is 2. The van der Waals surface area contributed by atoms with Crippen molar-refractivity contribution in [1.82, 2.24) is 4.31 Å².